The fourth-order valence-electron chi connectivity index (χ4n) is 1.71. The summed E-state index contributed by atoms with van der Waals surface area (Å²) in [7, 11) is 1.54. The molecule has 0 radical (unpaired) electrons. The van der Waals surface area contributed by atoms with Gasteiger partial charge in [0.05, 0.1) is 12.8 Å². The van der Waals surface area contributed by atoms with Gasteiger partial charge in [0.2, 0.25) is 5.91 Å². The first-order valence-corrected chi connectivity index (χ1v) is 6.44. The van der Waals surface area contributed by atoms with Crippen molar-refractivity contribution in [3.8, 4) is 5.75 Å². The van der Waals surface area contributed by atoms with Crippen LogP contribution in [0.25, 0.3) is 0 Å². The van der Waals surface area contributed by atoms with Gasteiger partial charge in [-0.25, -0.2) is 9.97 Å². The molecule has 0 unspecified atom stereocenters. The minimum Gasteiger partial charge on any atom is -0.495 e. The number of hydrogen-bond donors (Lipinski definition) is 1. The van der Waals surface area contributed by atoms with Gasteiger partial charge in [-0.05, 0) is 30.2 Å². The first-order chi connectivity index (χ1) is 9.69. The monoisotopic (exact) mass is 291 g/mol. The zero-order chi connectivity index (χ0) is 14.4. The van der Waals surface area contributed by atoms with Gasteiger partial charge in [0.25, 0.3) is 0 Å². The molecule has 1 heterocycles. The third-order valence-corrected chi connectivity index (χ3v) is 2.93. The van der Waals surface area contributed by atoms with Crippen LogP contribution < -0.4 is 10.1 Å². The molecule has 2 aromatic rings. The van der Waals surface area contributed by atoms with Gasteiger partial charge in [-0.15, -0.1) is 0 Å². The van der Waals surface area contributed by atoms with Crippen molar-refractivity contribution in [3.05, 3.63) is 47.5 Å². The van der Waals surface area contributed by atoms with Crippen LogP contribution in [0.5, 0.6) is 5.75 Å². The lowest BCUT2D eigenvalue weighted by molar-refractivity contribution is -0.116. The van der Waals surface area contributed by atoms with Crippen molar-refractivity contribution in [1.82, 2.24) is 9.97 Å². The fourth-order valence-corrected chi connectivity index (χ4v) is 1.88. The molecule has 1 amide bonds. The molecule has 0 saturated carbocycles. The molecule has 20 heavy (non-hydrogen) atoms. The van der Waals surface area contributed by atoms with Crippen LogP contribution in [-0.4, -0.2) is 23.0 Å². The van der Waals surface area contributed by atoms with Gasteiger partial charge in [-0.2, -0.15) is 0 Å². The van der Waals surface area contributed by atoms with E-state index in [1.807, 2.05) is 0 Å². The van der Waals surface area contributed by atoms with Gasteiger partial charge < -0.3 is 10.1 Å². The summed E-state index contributed by atoms with van der Waals surface area (Å²) in [5.74, 6) is 0.459. The highest BCUT2D eigenvalue weighted by atomic mass is 35.5. The highest BCUT2D eigenvalue weighted by Gasteiger charge is 2.08. The van der Waals surface area contributed by atoms with Crippen molar-refractivity contribution in [2.24, 2.45) is 0 Å². The van der Waals surface area contributed by atoms with Crippen LogP contribution in [0.2, 0.25) is 5.02 Å². The van der Waals surface area contributed by atoms with E-state index in [-0.39, 0.29) is 5.91 Å². The Hall–Kier alpha value is -2.14. The number of benzene rings is 1. The second-order valence-electron chi connectivity index (χ2n) is 4.14. The highest BCUT2D eigenvalue weighted by molar-refractivity contribution is 6.31. The van der Waals surface area contributed by atoms with Crippen LogP contribution >= 0.6 is 11.6 Å². The van der Waals surface area contributed by atoms with E-state index >= 15 is 0 Å². The minimum atomic E-state index is -0.116. The maximum atomic E-state index is 11.9. The quantitative estimate of drug-likeness (QED) is 0.920. The van der Waals surface area contributed by atoms with Crippen LogP contribution in [0, 0.1) is 0 Å². The summed E-state index contributed by atoms with van der Waals surface area (Å²) < 4.78 is 5.17. The molecule has 0 aliphatic rings. The summed E-state index contributed by atoms with van der Waals surface area (Å²) in [5, 5.41) is 3.32. The molecule has 2 rings (SSSR count). The molecule has 0 saturated heterocycles. The zero-order valence-electron chi connectivity index (χ0n) is 11.0. The van der Waals surface area contributed by atoms with Gasteiger partial charge in [-0.1, -0.05) is 11.6 Å². The lowest BCUT2D eigenvalue weighted by Crippen LogP contribution is -2.13. The summed E-state index contributed by atoms with van der Waals surface area (Å²) in [6, 6.07) is 5.07. The van der Waals surface area contributed by atoms with E-state index in [0.29, 0.717) is 29.3 Å². The molecule has 104 valence electrons. The van der Waals surface area contributed by atoms with Gasteiger partial charge >= 0.3 is 0 Å². The van der Waals surface area contributed by atoms with Crippen LogP contribution in [0.4, 0.5) is 5.69 Å². The first-order valence-electron chi connectivity index (χ1n) is 6.06. The molecular weight excluding hydrogens is 278 g/mol. The number of carbonyl (C=O) groups is 1. The molecule has 5 nitrogen and oxygen atoms in total. The second kappa shape index (κ2) is 6.86. The normalized spacial score (nSPS) is 10.1. The summed E-state index contributed by atoms with van der Waals surface area (Å²) >= 11 is 5.91. The summed E-state index contributed by atoms with van der Waals surface area (Å²) in [6.07, 6.45) is 5.76. The number of nitrogens with zero attached hydrogens (tertiary/aromatic N) is 2. The number of carbonyl (C=O) groups excluding carboxylic acids is 1. The zero-order valence-corrected chi connectivity index (χ0v) is 11.7. The number of ether oxygens (including phenoxy) is 1. The number of nitrogens with one attached hydrogen (secondary N) is 1. The first kappa shape index (κ1) is 14.3. The highest BCUT2D eigenvalue weighted by Crippen LogP contribution is 2.27. The Balaban J connectivity index is 1.96. The Morgan fingerprint density at radius 3 is 2.80 bits per heavy atom. The molecule has 1 N–H and O–H groups in total. The average molecular weight is 292 g/mol. The second-order valence-corrected chi connectivity index (χ2v) is 4.58. The number of halogens is 1. The average Bonchev–Trinajstić information content (AvgIpc) is 2.46. The van der Waals surface area contributed by atoms with Gasteiger partial charge in [0.15, 0.2) is 0 Å². The molecule has 0 atom stereocenters. The van der Waals surface area contributed by atoms with E-state index in [4.69, 9.17) is 16.3 Å². The van der Waals surface area contributed by atoms with E-state index in [0.717, 1.165) is 5.56 Å². The third kappa shape index (κ3) is 3.93. The van der Waals surface area contributed by atoms with Crippen LogP contribution in [0.15, 0.2) is 36.9 Å². The Labute approximate surface area is 122 Å². The topological polar surface area (TPSA) is 64.1 Å². The van der Waals surface area contributed by atoms with E-state index in [1.165, 1.54) is 6.33 Å². The number of rotatable bonds is 5. The largest absolute Gasteiger partial charge is 0.495 e. The molecular formula is C14H14ClN3O2. The molecule has 1 aromatic carbocycles. The van der Waals surface area contributed by atoms with Crippen molar-refractivity contribution in [2.75, 3.05) is 12.4 Å². The third-order valence-electron chi connectivity index (χ3n) is 2.69. The molecule has 0 spiro atoms. The Bertz CT molecular complexity index is 590. The molecule has 0 fully saturated rings. The molecule has 0 bridgehead atoms. The summed E-state index contributed by atoms with van der Waals surface area (Å²) in [4.78, 5) is 19.7. The van der Waals surface area contributed by atoms with E-state index < -0.39 is 0 Å². The number of methoxy groups -OCH3 is 1. The van der Waals surface area contributed by atoms with Gasteiger partial charge in [-0.3, -0.25) is 4.79 Å². The van der Waals surface area contributed by atoms with E-state index in [1.54, 1.807) is 37.7 Å². The maximum Gasteiger partial charge on any atom is 0.224 e. The van der Waals surface area contributed by atoms with E-state index in [9.17, 15) is 4.79 Å². The minimum absolute atomic E-state index is 0.116. The smallest absolute Gasteiger partial charge is 0.224 e. The van der Waals surface area contributed by atoms with Gasteiger partial charge in [0, 0.05) is 23.8 Å². The number of aromatic nitrogens is 2. The lowest BCUT2D eigenvalue weighted by Gasteiger charge is -2.10. The number of hydrogen-bond acceptors (Lipinski definition) is 4. The molecule has 6 heteroatoms. The number of aryl methyl sites for hydroxylation is 1. The van der Waals surface area contributed by atoms with Crippen molar-refractivity contribution in [2.45, 2.75) is 12.8 Å². The van der Waals surface area contributed by atoms with Crippen LogP contribution in [0.3, 0.4) is 0 Å². The predicted molar refractivity (Wildman–Crippen MR) is 77.0 cm³/mol. The number of amides is 1. The van der Waals surface area contributed by atoms with Crippen molar-refractivity contribution in [1.29, 1.82) is 0 Å². The standard InChI is InChI=1S/C14H14ClN3O2/c1-20-13-4-3-11(15)6-12(13)18-14(19)5-2-10-7-16-9-17-8-10/h3-4,6-9H,2,5H2,1H3,(H,18,19). The Kier molecular flexibility index (Phi) is 4.90. The van der Waals surface area contributed by atoms with Crippen molar-refractivity contribution in [3.63, 3.8) is 0 Å². The Morgan fingerprint density at radius 1 is 1.35 bits per heavy atom. The maximum absolute atomic E-state index is 11.9. The predicted octanol–water partition coefficient (Wildman–Crippen LogP) is 2.71. The van der Waals surface area contributed by atoms with E-state index in [2.05, 4.69) is 15.3 Å². The molecule has 0 aliphatic carbocycles. The van der Waals surface area contributed by atoms with Crippen LogP contribution in [0.1, 0.15) is 12.0 Å². The molecule has 0 aliphatic heterocycles. The SMILES string of the molecule is COc1ccc(Cl)cc1NC(=O)CCc1cncnc1. The van der Waals surface area contributed by atoms with Crippen LogP contribution in [-0.2, 0) is 11.2 Å². The molecule has 1 aromatic heterocycles. The van der Waals surface area contributed by atoms with Crippen molar-refractivity contribution >= 4 is 23.2 Å². The fraction of sp³-hybridized carbons (Fsp3) is 0.214. The summed E-state index contributed by atoms with van der Waals surface area (Å²) in [6.45, 7) is 0. The Morgan fingerprint density at radius 2 is 2.10 bits per heavy atom. The van der Waals surface area contributed by atoms with Gasteiger partial charge in [0.1, 0.15) is 12.1 Å². The number of anilines is 1. The lowest BCUT2D eigenvalue weighted by atomic mass is 10.2. The van der Waals surface area contributed by atoms with Crippen molar-refractivity contribution < 1.29 is 9.53 Å². The summed E-state index contributed by atoms with van der Waals surface area (Å²) in [5.41, 5.74) is 1.48.